The standard InChI is InChI=1S/C24H20BrNO3/c1-29-24(28)21(14-15-7-6-8-16(25)13-15)26-23(27)22-19-11-4-2-9-17(19)18-10-3-5-12-20(18)22/h2-13,21-22H,14H2,1H3,(H,26,27)/t21-/m1/s1. The zero-order valence-corrected chi connectivity index (χ0v) is 17.5. The van der Waals surface area contributed by atoms with Crippen molar-refractivity contribution >= 4 is 27.8 Å². The van der Waals surface area contributed by atoms with Gasteiger partial charge in [-0.1, -0.05) is 76.6 Å². The molecule has 3 aromatic rings. The van der Waals surface area contributed by atoms with Crippen molar-refractivity contribution in [2.45, 2.75) is 18.4 Å². The number of esters is 1. The molecule has 0 fully saturated rings. The van der Waals surface area contributed by atoms with E-state index in [-0.39, 0.29) is 5.91 Å². The van der Waals surface area contributed by atoms with E-state index in [0.29, 0.717) is 6.42 Å². The second-order valence-corrected chi connectivity index (χ2v) is 7.94. The lowest BCUT2D eigenvalue weighted by Crippen LogP contribution is -2.45. The third-order valence-corrected chi connectivity index (χ3v) is 5.72. The van der Waals surface area contributed by atoms with Gasteiger partial charge in [-0.2, -0.15) is 0 Å². The number of carbonyl (C=O) groups excluding carboxylic acids is 2. The van der Waals surface area contributed by atoms with Crippen LogP contribution < -0.4 is 5.32 Å². The summed E-state index contributed by atoms with van der Waals surface area (Å²) in [5.41, 5.74) is 4.96. The van der Waals surface area contributed by atoms with Crippen molar-refractivity contribution in [2.24, 2.45) is 0 Å². The highest BCUT2D eigenvalue weighted by Crippen LogP contribution is 2.44. The van der Waals surface area contributed by atoms with Crippen molar-refractivity contribution in [3.05, 3.63) is 94.0 Å². The van der Waals surface area contributed by atoms with E-state index >= 15 is 0 Å². The number of fused-ring (bicyclic) bond motifs is 3. The van der Waals surface area contributed by atoms with Gasteiger partial charge in [0.1, 0.15) is 6.04 Å². The Morgan fingerprint density at radius 3 is 2.17 bits per heavy atom. The van der Waals surface area contributed by atoms with E-state index in [2.05, 4.69) is 21.2 Å². The van der Waals surface area contributed by atoms with Crippen molar-refractivity contribution in [2.75, 3.05) is 7.11 Å². The zero-order chi connectivity index (χ0) is 20.4. The summed E-state index contributed by atoms with van der Waals surface area (Å²) in [6, 6.07) is 22.7. The predicted octanol–water partition coefficient (Wildman–Crippen LogP) is 4.46. The summed E-state index contributed by atoms with van der Waals surface area (Å²) in [5.74, 6) is -1.11. The molecule has 0 aliphatic heterocycles. The number of rotatable bonds is 5. The number of methoxy groups -OCH3 is 1. The second-order valence-electron chi connectivity index (χ2n) is 7.03. The third-order valence-electron chi connectivity index (χ3n) is 5.23. The maximum atomic E-state index is 13.3. The van der Waals surface area contributed by atoms with Crippen LogP contribution in [0.1, 0.15) is 22.6 Å². The van der Waals surface area contributed by atoms with Crippen molar-refractivity contribution < 1.29 is 14.3 Å². The van der Waals surface area contributed by atoms with Gasteiger partial charge in [0.15, 0.2) is 0 Å². The Balaban J connectivity index is 1.63. The number of hydrogen-bond acceptors (Lipinski definition) is 3. The van der Waals surface area contributed by atoms with Crippen molar-refractivity contribution in [3.8, 4) is 11.1 Å². The summed E-state index contributed by atoms with van der Waals surface area (Å²) in [5, 5.41) is 2.93. The first-order valence-corrected chi connectivity index (χ1v) is 10.2. The lowest BCUT2D eigenvalue weighted by atomic mass is 9.95. The quantitative estimate of drug-likeness (QED) is 0.584. The largest absolute Gasteiger partial charge is 0.467 e. The van der Waals surface area contributed by atoms with Crippen LogP contribution in [0.5, 0.6) is 0 Å². The molecule has 1 N–H and O–H groups in total. The van der Waals surface area contributed by atoms with Crippen LogP contribution in [0.2, 0.25) is 0 Å². The van der Waals surface area contributed by atoms with Crippen LogP contribution in [0.25, 0.3) is 11.1 Å². The fourth-order valence-electron chi connectivity index (χ4n) is 3.93. The number of ether oxygens (including phenoxy) is 1. The molecule has 3 aromatic carbocycles. The zero-order valence-electron chi connectivity index (χ0n) is 15.9. The van der Waals surface area contributed by atoms with Gasteiger partial charge in [0, 0.05) is 10.9 Å². The monoisotopic (exact) mass is 449 g/mol. The minimum Gasteiger partial charge on any atom is -0.467 e. The SMILES string of the molecule is COC(=O)[C@@H](Cc1cccc(Br)c1)NC(=O)C1c2ccccc2-c2ccccc21. The minimum atomic E-state index is -0.762. The fraction of sp³-hybridized carbons (Fsp3) is 0.167. The molecular weight excluding hydrogens is 430 g/mol. The molecule has 0 aromatic heterocycles. The Morgan fingerprint density at radius 1 is 0.966 bits per heavy atom. The van der Waals surface area contributed by atoms with Crippen LogP contribution >= 0.6 is 15.9 Å². The average Bonchev–Trinajstić information content (AvgIpc) is 3.07. The van der Waals surface area contributed by atoms with Crippen LogP contribution in [0, 0.1) is 0 Å². The van der Waals surface area contributed by atoms with Crippen LogP contribution in [0.4, 0.5) is 0 Å². The Morgan fingerprint density at radius 2 is 1.59 bits per heavy atom. The predicted molar refractivity (Wildman–Crippen MR) is 116 cm³/mol. The van der Waals surface area contributed by atoms with Gasteiger partial charge in [-0.3, -0.25) is 4.79 Å². The van der Waals surface area contributed by atoms with E-state index in [4.69, 9.17) is 4.74 Å². The third kappa shape index (κ3) is 3.83. The van der Waals surface area contributed by atoms with Gasteiger partial charge in [0.2, 0.25) is 5.91 Å². The molecule has 0 saturated heterocycles. The Bertz CT molecular complexity index is 1030. The Labute approximate surface area is 178 Å². The van der Waals surface area contributed by atoms with Gasteiger partial charge in [-0.05, 0) is 39.9 Å². The highest BCUT2D eigenvalue weighted by molar-refractivity contribution is 9.10. The lowest BCUT2D eigenvalue weighted by molar-refractivity contribution is -0.145. The fourth-order valence-corrected chi connectivity index (χ4v) is 4.37. The molecule has 29 heavy (non-hydrogen) atoms. The molecule has 0 bridgehead atoms. The smallest absolute Gasteiger partial charge is 0.328 e. The summed E-state index contributed by atoms with van der Waals surface area (Å²) in [4.78, 5) is 25.7. The number of amides is 1. The Hall–Kier alpha value is -2.92. The number of halogens is 1. The summed E-state index contributed by atoms with van der Waals surface area (Å²) >= 11 is 3.44. The van der Waals surface area contributed by atoms with Crippen LogP contribution in [0.3, 0.4) is 0 Å². The van der Waals surface area contributed by atoms with E-state index < -0.39 is 17.9 Å². The van der Waals surface area contributed by atoms with E-state index in [1.54, 1.807) is 0 Å². The number of nitrogens with one attached hydrogen (secondary N) is 1. The van der Waals surface area contributed by atoms with Crippen LogP contribution in [-0.2, 0) is 20.7 Å². The van der Waals surface area contributed by atoms with Crippen molar-refractivity contribution in [1.29, 1.82) is 0 Å². The lowest BCUT2D eigenvalue weighted by Gasteiger charge is -2.20. The summed E-state index contributed by atoms with van der Waals surface area (Å²) in [7, 11) is 1.34. The van der Waals surface area contributed by atoms with Gasteiger partial charge < -0.3 is 10.1 Å². The topological polar surface area (TPSA) is 55.4 Å². The normalized spacial score (nSPS) is 13.3. The van der Waals surface area contributed by atoms with Crippen LogP contribution in [-0.4, -0.2) is 25.0 Å². The van der Waals surface area contributed by atoms with Gasteiger partial charge >= 0.3 is 5.97 Å². The molecule has 5 heteroatoms. The molecule has 1 aliphatic rings. The van der Waals surface area contributed by atoms with Gasteiger partial charge in [-0.25, -0.2) is 4.79 Å². The molecular formula is C24H20BrNO3. The Kier molecular flexibility index (Phi) is 5.49. The summed E-state index contributed by atoms with van der Waals surface area (Å²) < 4.78 is 5.87. The maximum absolute atomic E-state index is 13.3. The first kappa shape index (κ1) is 19.4. The van der Waals surface area contributed by atoms with Gasteiger partial charge in [0.25, 0.3) is 0 Å². The number of benzene rings is 3. The summed E-state index contributed by atoms with van der Waals surface area (Å²) in [6.45, 7) is 0. The van der Waals surface area contributed by atoms with Crippen molar-refractivity contribution in [1.82, 2.24) is 5.32 Å². The van der Waals surface area contributed by atoms with Crippen molar-refractivity contribution in [3.63, 3.8) is 0 Å². The molecule has 1 aliphatic carbocycles. The highest BCUT2D eigenvalue weighted by atomic mass is 79.9. The molecule has 146 valence electrons. The first-order chi connectivity index (χ1) is 14.1. The number of carbonyl (C=O) groups is 2. The van der Waals surface area contributed by atoms with Gasteiger partial charge in [-0.15, -0.1) is 0 Å². The van der Waals surface area contributed by atoms with Crippen LogP contribution in [0.15, 0.2) is 77.3 Å². The minimum absolute atomic E-state index is 0.201. The molecule has 0 unspecified atom stereocenters. The maximum Gasteiger partial charge on any atom is 0.328 e. The van der Waals surface area contributed by atoms with E-state index in [0.717, 1.165) is 32.3 Å². The molecule has 0 radical (unpaired) electrons. The molecule has 0 saturated carbocycles. The van der Waals surface area contributed by atoms with E-state index in [1.165, 1.54) is 7.11 Å². The summed E-state index contributed by atoms with van der Waals surface area (Å²) in [6.07, 6.45) is 0.355. The van der Waals surface area contributed by atoms with E-state index in [1.807, 2.05) is 72.8 Å². The second kappa shape index (κ2) is 8.21. The molecule has 4 rings (SSSR count). The molecule has 1 atom stereocenters. The molecule has 1 amide bonds. The molecule has 4 nitrogen and oxygen atoms in total. The highest BCUT2D eigenvalue weighted by Gasteiger charge is 2.35. The molecule has 0 spiro atoms. The average molecular weight is 450 g/mol. The van der Waals surface area contributed by atoms with E-state index in [9.17, 15) is 9.59 Å². The first-order valence-electron chi connectivity index (χ1n) is 9.39. The van der Waals surface area contributed by atoms with Gasteiger partial charge in [0.05, 0.1) is 13.0 Å². The number of hydrogen-bond donors (Lipinski definition) is 1. The molecule has 0 heterocycles.